The van der Waals surface area contributed by atoms with Crippen LogP contribution in [0.2, 0.25) is 0 Å². The maximum atomic E-state index is 8.27. The van der Waals surface area contributed by atoms with Gasteiger partial charge in [-0.1, -0.05) is 0 Å². The van der Waals surface area contributed by atoms with E-state index in [9.17, 15) is 0 Å². The number of hydrogen-bond donors (Lipinski definition) is 0. The molecule has 0 N–H and O–H groups in total. The van der Waals surface area contributed by atoms with Crippen LogP contribution in [-0.4, -0.2) is 9.78 Å². The van der Waals surface area contributed by atoms with Crippen LogP contribution in [0, 0.1) is 18.3 Å². The van der Waals surface area contributed by atoms with E-state index in [1.165, 1.54) is 5.56 Å². The predicted molar refractivity (Wildman–Crippen MR) is 41.8 cm³/mol. The first-order valence-corrected chi connectivity index (χ1v) is 3.69. The summed E-state index contributed by atoms with van der Waals surface area (Å²) in [6, 6.07) is 2.10. The zero-order valence-corrected chi connectivity index (χ0v) is 6.62. The molecule has 0 saturated heterocycles. The molecular formula is C8H11N3. The van der Waals surface area contributed by atoms with Gasteiger partial charge >= 0.3 is 0 Å². The van der Waals surface area contributed by atoms with Crippen LogP contribution >= 0.6 is 0 Å². The quantitative estimate of drug-likeness (QED) is 0.611. The number of unbranched alkanes of at least 4 members (excludes halogenated alkanes) is 1. The highest BCUT2D eigenvalue weighted by Crippen LogP contribution is 1.96. The van der Waals surface area contributed by atoms with Gasteiger partial charge in [-0.3, -0.25) is 4.68 Å². The van der Waals surface area contributed by atoms with Crippen molar-refractivity contribution in [3.63, 3.8) is 0 Å². The molecule has 3 nitrogen and oxygen atoms in total. The van der Waals surface area contributed by atoms with E-state index in [0.29, 0.717) is 6.42 Å². The smallest absolute Gasteiger partial charge is 0.0622 e. The van der Waals surface area contributed by atoms with Crippen molar-refractivity contribution in [1.82, 2.24) is 9.78 Å². The fraction of sp³-hybridized carbons (Fsp3) is 0.500. The molecular weight excluding hydrogens is 138 g/mol. The summed E-state index contributed by atoms with van der Waals surface area (Å²) in [5.41, 5.74) is 1.17. The first-order chi connectivity index (χ1) is 5.33. The third kappa shape index (κ3) is 2.42. The molecule has 0 atom stereocenters. The summed E-state index contributed by atoms with van der Waals surface area (Å²) in [6.07, 6.45) is 5.31. The maximum Gasteiger partial charge on any atom is 0.0622 e. The topological polar surface area (TPSA) is 41.6 Å². The Kier molecular flexibility index (Phi) is 2.67. The molecule has 11 heavy (non-hydrogen) atoms. The average Bonchev–Trinajstić information content (AvgIpc) is 2.37. The molecule has 0 aromatic carbocycles. The SMILES string of the molecule is Cc1cnn(CCCC#N)c1. The molecule has 1 aromatic rings. The van der Waals surface area contributed by atoms with E-state index in [1.807, 2.05) is 24.0 Å². The summed E-state index contributed by atoms with van der Waals surface area (Å²) < 4.78 is 1.87. The van der Waals surface area contributed by atoms with Gasteiger partial charge < -0.3 is 0 Å². The molecule has 0 saturated carbocycles. The lowest BCUT2D eigenvalue weighted by atomic mass is 10.3. The van der Waals surface area contributed by atoms with Gasteiger partial charge in [-0.2, -0.15) is 10.4 Å². The second kappa shape index (κ2) is 3.77. The molecule has 1 aromatic heterocycles. The lowest BCUT2D eigenvalue weighted by molar-refractivity contribution is 0.585. The van der Waals surface area contributed by atoms with Gasteiger partial charge in [0.1, 0.15) is 0 Å². The van der Waals surface area contributed by atoms with Gasteiger partial charge in [-0.25, -0.2) is 0 Å². The van der Waals surface area contributed by atoms with Crippen LogP contribution in [0.25, 0.3) is 0 Å². The summed E-state index contributed by atoms with van der Waals surface area (Å²) in [5, 5.41) is 12.4. The maximum absolute atomic E-state index is 8.27. The van der Waals surface area contributed by atoms with Crippen LogP contribution in [0.4, 0.5) is 0 Å². The summed E-state index contributed by atoms with van der Waals surface area (Å²) in [6.45, 7) is 2.86. The van der Waals surface area contributed by atoms with Gasteiger partial charge in [0.15, 0.2) is 0 Å². The molecule has 0 radical (unpaired) electrons. The van der Waals surface area contributed by atoms with Crippen LogP contribution < -0.4 is 0 Å². The van der Waals surface area contributed by atoms with Crippen molar-refractivity contribution in [3.8, 4) is 6.07 Å². The second-order valence-corrected chi connectivity index (χ2v) is 2.54. The van der Waals surface area contributed by atoms with Crippen molar-refractivity contribution >= 4 is 0 Å². The minimum Gasteiger partial charge on any atom is -0.272 e. The Bertz CT molecular complexity index is 257. The van der Waals surface area contributed by atoms with E-state index >= 15 is 0 Å². The highest BCUT2D eigenvalue weighted by molar-refractivity contribution is 4.99. The number of hydrogen-bond acceptors (Lipinski definition) is 2. The van der Waals surface area contributed by atoms with E-state index in [-0.39, 0.29) is 0 Å². The number of rotatable bonds is 3. The number of nitrogens with zero attached hydrogens (tertiary/aromatic N) is 3. The van der Waals surface area contributed by atoms with Crippen LogP contribution in [0.15, 0.2) is 12.4 Å². The molecule has 0 aliphatic heterocycles. The predicted octanol–water partition coefficient (Wildman–Crippen LogP) is 1.50. The molecule has 0 spiro atoms. The monoisotopic (exact) mass is 149 g/mol. The molecule has 1 rings (SSSR count). The first kappa shape index (κ1) is 7.80. The van der Waals surface area contributed by atoms with E-state index in [0.717, 1.165) is 13.0 Å². The van der Waals surface area contributed by atoms with Gasteiger partial charge in [0.25, 0.3) is 0 Å². The van der Waals surface area contributed by atoms with E-state index in [4.69, 9.17) is 5.26 Å². The Morgan fingerprint density at radius 3 is 3.09 bits per heavy atom. The first-order valence-electron chi connectivity index (χ1n) is 3.69. The Labute approximate surface area is 66.3 Å². The van der Waals surface area contributed by atoms with Crippen LogP contribution in [0.1, 0.15) is 18.4 Å². The molecule has 0 aliphatic carbocycles. The number of aromatic nitrogens is 2. The fourth-order valence-corrected chi connectivity index (χ4v) is 0.909. The summed E-state index contributed by atoms with van der Waals surface area (Å²) in [7, 11) is 0. The standard InChI is InChI=1S/C8H11N3/c1-8-6-10-11(7-8)5-3-2-4-9/h6-7H,2-3,5H2,1H3. The summed E-state index contributed by atoms with van der Waals surface area (Å²) >= 11 is 0. The number of aryl methyl sites for hydroxylation is 2. The third-order valence-electron chi connectivity index (χ3n) is 1.44. The Morgan fingerprint density at radius 2 is 2.55 bits per heavy atom. The highest BCUT2D eigenvalue weighted by Gasteiger charge is 1.92. The molecule has 0 unspecified atom stereocenters. The Balaban J connectivity index is 2.34. The van der Waals surface area contributed by atoms with Crippen molar-refractivity contribution in [3.05, 3.63) is 18.0 Å². The lowest BCUT2D eigenvalue weighted by Gasteiger charge is -1.95. The molecule has 3 heteroatoms. The largest absolute Gasteiger partial charge is 0.272 e. The van der Waals surface area contributed by atoms with Crippen molar-refractivity contribution in [2.24, 2.45) is 0 Å². The Morgan fingerprint density at radius 1 is 1.73 bits per heavy atom. The Hall–Kier alpha value is -1.30. The van der Waals surface area contributed by atoms with E-state index in [1.54, 1.807) is 0 Å². The summed E-state index contributed by atoms with van der Waals surface area (Å²) in [4.78, 5) is 0. The molecule has 0 amide bonds. The molecule has 1 heterocycles. The van der Waals surface area contributed by atoms with E-state index < -0.39 is 0 Å². The zero-order valence-electron chi connectivity index (χ0n) is 6.62. The van der Waals surface area contributed by atoms with Gasteiger partial charge in [0.2, 0.25) is 0 Å². The van der Waals surface area contributed by atoms with Gasteiger partial charge in [0, 0.05) is 19.2 Å². The van der Waals surface area contributed by atoms with Crippen LogP contribution in [0.5, 0.6) is 0 Å². The second-order valence-electron chi connectivity index (χ2n) is 2.54. The van der Waals surface area contributed by atoms with Crippen LogP contribution in [-0.2, 0) is 6.54 Å². The normalized spacial score (nSPS) is 9.45. The third-order valence-corrected chi connectivity index (χ3v) is 1.44. The van der Waals surface area contributed by atoms with E-state index in [2.05, 4.69) is 11.2 Å². The minimum absolute atomic E-state index is 0.610. The molecule has 0 bridgehead atoms. The zero-order chi connectivity index (χ0) is 8.10. The van der Waals surface area contributed by atoms with Gasteiger partial charge in [0.05, 0.1) is 12.3 Å². The number of nitriles is 1. The minimum atomic E-state index is 0.610. The average molecular weight is 149 g/mol. The van der Waals surface area contributed by atoms with Crippen molar-refractivity contribution in [2.75, 3.05) is 0 Å². The fourth-order valence-electron chi connectivity index (χ4n) is 0.909. The van der Waals surface area contributed by atoms with Crippen LogP contribution in [0.3, 0.4) is 0 Å². The molecule has 58 valence electrons. The van der Waals surface area contributed by atoms with Crippen molar-refractivity contribution < 1.29 is 0 Å². The van der Waals surface area contributed by atoms with Gasteiger partial charge in [-0.15, -0.1) is 0 Å². The van der Waals surface area contributed by atoms with Crippen molar-refractivity contribution in [1.29, 1.82) is 5.26 Å². The highest BCUT2D eigenvalue weighted by atomic mass is 15.3. The molecule has 0 fully saturated rings. The van der Waals surface area contributed by atoms with Crippen molar-refractivity contribution in [2.45, 2.75) is 26.3 Å². The molecule has 0 aliphatic rings. The van der Waals surface area contributed by atoms with Gasteiger partial charge in [-0.05, 0) is 18.9 Å². The lowest BCUT2D eigenvalue weighted by Crippen LogP contribution is -1.97. The summed E-state index contributed by atoms with van der Waals surface area (Å²) in [5.74, 6) is 0.